The molecule has 1 saturated heterocycles. The number of carbonyl (C=O) groups excluding carboxylic acids is 1. The monoisotopic (exact) mass is 363 g/mol. The molecule has 1 aliphatic heterocycles. The van der Waals surface area contributed by atoms with Gasteiger partial charge in [-0.3, -0.25) is 4.79 Å². The van der Waals surface area contributed by atoms with Crippen LogP contribution in [0, 0.1) is 3.57 Å². The number of halogens is 2. The fourth-order valence-corrected chi connectivity index (χ4v) is 2.83. The lowest BCUT2D eigenvalue weighted by atomic mass is 10.0. The van der Waals surface area contributed by atoms with Crippen LogP contribution in [-0.4, -0.2) is 23.4 Å². The lowest BCUT2D eigenvalue weighted by Crippen LogP contribution is -2.42. The molecule has 1 atom stereocenters. The van der Waals surface area contributed by atoms with E-state index in [-0.39, 0.29) is 5.91 Å². The third-order valence-corrected chi connectivity index (χ3v) is 4.77. The second-order valence-electron chi connectivity index (χ2n) is 4.47. The van der Waals surface area contributed by atoms with Gasteiger partial charge in [0.05, 0.1) is 5.02 Å². The van der Waals surface area contributed by atoms with Crippen molar-refractivity contribution in [3.8, 4) is 0 Å². The van der Waals surface area contributed by atoms with E-state index in [1.54, 1.807) is 6.07 Å². The molecule has 0 bridgehead atoms. The number of piperidine rings is 1. The zero-order chi connectivity index (χ0) is 12.4. The van der Waals surface area contributed by atoms with Crippen molar-refractivity contribution >= 4 is 40.1 Å². The molecule has 1 fully saturated rings. The Bertz CT molecular complexity index is 435. The van der Waals surface area contributed by atoms with Crippen molar-refractivity contribution in [1.29, 1.82) is 0 Å². The molecular weight excluding hydrogens is 349 g/mol. The van der Waals surface area contributed by atoms with Crippen LogP contribution in [0.3, 0.4) is 0 Å². The molecule has 0 saturated carbocycles. The third-order valence-electron chi connectivity index (χ3n) is 3.23. The van der Waals surface area contributed by atoms with Gasteiger partial charge in [-0.05, 0) is 67.0 Å². The molecule has 92 valence electrons. The minimum atomic E-state index is 0.131. The molecule has 2 nitrogen and oxygen atoms in total. The van der Waals surface area contributed by atoms with Gasteiger partial charge in [0.15, 0.2) is 0 Å². The summed E-state index contributed by atoms with van der Waals surface area (Å²) in [5.41, 5.74) is 0.743. The Labute approximate surface area is 120 Å². The molecule has 1 heterocycles. The number of nitrogens with zero attached hydrogens (tertiary/aromatic N) is 1. The zero-order valence-corrected chi connectivity index (χ0v) is 12.7. The molecule has 1 unspecified atom stereocenters. The van der Waals surface area contributed by atoms with Crippen LogP contribution in [0.15, 0.2) is 18.2 Å². The Hall–Kier alpha value is -0.290. The van der Waals surface area contributed by atoms with Crippen LogP contribution >= 0.6 is 34.2 Å². The van der Waals surface area contributed by atoms with Crippen molar-refractivity contribution in [1.82, 2.24) is 4.90 Å². The van der Waals surface area contributed by atoms with E-state index < -0.39 is 0 Å². The van der Waals surface area contributed by atoms with E-state index in [0.717, 1.165) is 28.5 Å². The fraction of sp³-hybridized carbons (Fsp3) is 0.462. The van der Waals surface area contributed by atoms with Crippen LogP contribution in [0.25, 0.3) is 0 Å². The first-order valence-electron chi connectivity index (χ1n) is 5.85. The van der Waals surface area contributed by atoms with Crippen LogP contribution in [0.4, 0.5) is 0 Å². The van der Waals surface area contributed by atoms with E-state index >= 15 is 0 Å². The molecular formula is C13H15ClINO. The highest BCUT2D eigenvalue weighted by atomic mass is 127. The van der Waals surface area contributed by atoms with Gasteiger partial charge in [-0.1, -0.05) is 11.6 Å². The number of benzene rings is 1. The molecule has 0 aliphatic carbocycles. The summed E-state index contributed by atoms with van der Waals surface area (Å²) in [6.45, 7) is 3.00. The van der Waals surface area contributed by atoms with Crippen molar-refractivity contribution in [2.24, 2.45) is 0 Å². The summed E-state index contributed by atoms with van der Waals surface area (Å²) in [5, 5.41) is 0.703. The molecule has 0 spiro atoms. The standard InChI is InChI=1S/C13H15ClINO/c1-9-4-2-3-7-16(9)13(17)10-5-6-11(14)12(15)8-10/h5-6,8-9H,2-4,7H2,1H3. The lowest BCUT2D eigenvalue weighted by molar-refractivity contribution is 0.0635. The Kier molecular flexibility index (Phi) is 4.31. The number of hydrogen-bond acceptors (Lipinski definition) is 1. The molecule has 0 radical (unpaired) electrons. The second kappa shape index (κ2) is 5.57. The number of likely N-dealkylation sites (tertiary alicyclic amines) is 1. The van der Waals surface area contributed by atoms with Crippen molar-refractivity contribution < 1.29 is 4.79 Å². The molecule has 1 aliphatic rings. The van der Waals surface area contributed by atoms with E-state index in [1.165, 1.54) is 6.42 Å². The Morgan fingerprint density at radius 2 is 2.24 bits per heavy atom. The quantitative estimate of drug-likeness (QED) is 0.692. The topological polar surface area (TPSA) is 20.3 Å². The minimum Gasteiger partial charge on any atom is -0.336 e. The van der Waals surface area contributed by atoms with E-state index in [1.807, 2.05) is 17.0 Å². The van der Waals surface area contributed by atoms with Gasteiger partial charge in [-0.2, -0.15) is 0 Å². The molecule has 1 aromatic carbocycles. The number of rotatable bonds is 1. The third kappa shape index (κ3) is 2.94. The number of hydrogen-bond donors (Lipinski definition) is 0. The first-order chi connectivity index (χ1) is 8.09. The average molecular weight is 364 g/mol. The molecule has 2 rings (SSSR count). The zero-order valence-electron chi connectivity index (χ0n) is 9.75. The minimum absolute atomic E-state index is 0.131. The van der Waals surface area contributed by atoms with Crippen molar-refractivity contribution in [3.63, 3.8) is 0 Å². The Morgan fingerprint density at radius 1 is 1.47 bits per heavy atom. The van der Waals surface area contributed by atoms with Crippen LogP contribution in [0.5, 0.6) is 0 Å². The SMILES string of the molecule is CC1CCCCN1C(=O)c1ccc(Cl)c(I)c1. The summed E-state index contributed by atoms with van der Waals surface area (Å²) in [6.07, 6.45) is 3.44. The summed E-state index contributed by atoms with van der Waals surface area (Å²) in [4.78, 5) is 14.3. The van der Waals surface area contributed by atoms with Crippen LogP contribution in [-0.2, 0) is 0 Å². The summed E-state index contributed by atoms with van der Waals surface area (Å²) in [5.74, 6) is 0.131. The van der Waals surface area contributed by atoms with Gasteiger partial charge < -0.3 is 4.90 Å². The van der Waals surface area contributed by atoms with Gasteiger partial charge in [-0.25, -0.2) is 0 Å². The maximum absolute atomic E-state index is 12.4. The second-order valence-corrected chi connectivity index (χ2v) is 6.04. The molecule has 4 heteroatoms. The van der Waals surface area contributed by atoms with Crippen LogP contribution in [0.1, 0.15) is 36.5 Å². The van der Waals surface area contributed by atoms with Crippen molar-refractivity contribution in [2.75, 3.05) is 6.54 Å². The van der Waals surface area contributed by atoms with Gasteiger partial charge in [-0.15, -0.1) is 0 Å². The van der Waals surface area contributed by atoms with Crippen LogP contribution in [0.2, 0.25) is 5.02 Å². The van der Waals surface area contributed by atoms with E-state index in [9.17, 15) is 4.79 Å². The molecule has 0 N–H and O–H groups in total. The lowest BCUT2D eigenvalue weighted by Gasteiger charge is -2.33. The predicted molar refractivity (Wildman–Crippen MR) is 78.5 cm³/mol. The normalized spacial score (nSPS) is 20.4. The predicted octanol–water partition coefficient (Wildman–Crippen LogP) is 3.96. The average Bonchev–Trinajstić information content (AvgIpc) is 2.32. The number of amides is 1. The summed E-state index contributed by atoms with van der Waals surface area (Å²) in [7, 11) is 0. The largest absolute Gasteiger partial charge is 0.336 e. The molecule has 1 aromatic rings. The summed E-state index contributed by atoms with van der Waals surface area (Å²) in [6, 6.07) is 5.83. The highest BCUT2D eigenvalue weighted by Gasteiger charge is 2.24. The summed E-state index contributed by atoms with van der Waals surface area (Å²) >= 11 is 8.12. The first-order valence-corrected chi connectivity index (χ1v) is 7.31. The first kappa shape index (κ1) is 13.1. The van der Waals surface area contributed by atoms with E-state index in [4.69, 9.17) is 11.6 Å². The Morgan fingerprint density at radius 3 is 2.88 bits per heavy atom. The van der Waals surface area contributed by atoms with Crippen LogP contribution < -0.4 is 0 Å². The van der Waals surface area contributed by atoms with Gasteiger partial charge in [0.1, 0.15) is 0 Å². The highest BCUT2D eigenvalue weighted by molar-refractivity contribution is 14.1. The van der Waals surface area contributed by atoms with Gasteiger partial charge in [0, 0.05) is 21.7 Å². The van der Waals surface area contributed by atoms with Gasteiger partial charge in [0.2, 0.25) is 0 Å². The molecule has 17 heavy (non-hydrogen) atoms. The summed E-state index contributed by atoms with van der Waals surface area (Å²) < 4.78 is 0.930. The van der Waals surface area contributed by atoms with Crippen molar-refractivity contribution in [2.45, 2.75) is 32.2 Å². The number of carbonyl (C=O) groups is 1. The van der Waals surface area contributed by atoms with Gasteiger partial charge >= 0.3 is 0 Å². The smallest absolute Gasteiger partial charge is 0.254 e. The van der Waals surface area contributed by atoms with Crippen molar-refractivity contribution in [3.05, 3.63) is 32.4 Å². The Balaban J connectivity index is 2.21. The molecule has 1 amide bonds. The highest BCUT2D eigenvalue weighted by Crippen LogP contribution is 2.23. The van der Waals surface area contributed by atoms with E-state index in [2.05, 4.69) is 29.5 Å². The maximum Gasteiger partial charge on any atom is 0.254 e. The van der Waals surface area contributed by atoms with E-state index in [0.29, 0.717) is 11.1 Å². The molecule has 0 aromatic heterocycles. The maximum atomic E-state index is 12.4. The van der Waals surface area contributed by atoms with Gasteiger partial charge in [0.25, 0.3) is 5.91 Å². The fourth-order valence-electron chi connectivity index (χ4n) is 2.19.